The lowest BCUT2D eigenvalue weighted by molar-refractivity contribution is -0.133. The van der Waals surface area contributed by atoms with E-state index in [1.807, 2.05) is 0 Å². The molecular weight excluding hydrogens is 156 g/mol. The fraction of sp³-hybridized carbons (Fsp3) is 0.875. The van der Waals surface area contributed by atoms with E-state index < -0.39 is 6.10 Å². The zero-order chi connectivity index (χ0) is 8.97. The summed E-state index contributed by atoms with van der Waals surface area (Å²) >= 11 is 0. The summed E-state index contributed by atoms with van der Waals surface area (Å²) in [6.45, 7) is 4.91. The third kappa shape index (κ3) is 2.79. The number of aliphatic hydroxyl groups is 1. The lowest BCUT2D eigenvalue weighted by Crippen LogP contribution is -2.47. The van der Waals surface area contributed by atoms with E-state index >= 15 is 0 Å². The highest BCUT2D eigenvalue weighted by Gasteiger charge is 2.16. The second kappa shape index (κ2) is 4.42. The Kier molecular flexibility index (Phi) is 3.49. The summed E-state index contributed by atoms with van der Waals surface area (Å²) in [5.74, 6) is 0.0616. The Bertz CT molecular complexity index is 153. The molecule has 0 aromatic carbocycles. The number of aliphatic hydroxyl groups excluding tert-OH is 1. The number of amides is 1. The molecule has 12 heavy (non-hydrogen) atoms. The van der Waals surface area contributed by atoms with Gasteiger partial charge in [0.15, 0.2) is 0 Å². The number of carbonyl (C=O) groups is 1. The number of piperazine rings is 1. The number of nitrogens with one attached hydrogen (secondary N) is 1. The fourth-order valence-electron chi connectivity index (χ4n) is 1.30. The number of hydrogen-bond acceptors (Lipinski definition) is 3. The maximum Gasteiger partial charge on any atom is 0.225 e. The first-order valence-corrected chi connectivity index (χ1v) is 4.36. The predicted octanol–water partition coefficient (Wildman–Crippen LogP) is -0.811. The van der Waals surface area contributed by atoms with E-state index in [9.17, 15) is 4.79 Å². The number of carbonyl (C=O) groups excluding carboxylic acids is 1. The van der Waals surface area contributed by atoms with Gasteiger partial charge in [-0.3, -0.25) is 4.79 Å². The average Bonchev–Trinajstić information content (AvgIpc) is 2.05. The first kappa shape index (κ1) is 9.48. The Labute approximate surface area is 72.6 Å². The first-order chi connectivity index (χ1) is 5.70. The van der Waals surface area contributed by atoms with Gasteiger partial charge in [0, 0.05) is 26.2 Å². The van der Waals surface area contributed by atoms with Crippen LogP contribution in [0.2, 0.25) is 0 Å². The van der Waals surface area contributed by atoms with Crippen molar-refractivity contribution < 1.29 is 9.90 Å². The standard InChI is InChI=1S/C8H16N2O2/c1-7(11)6-8(12)10-4-2-9-3-5-10/h7,9,11H,2-6H2,1H3. The second-order valence-corrected chi connectivity index (χ2v) is 3.18. The Morgan fingerprint density at radius 1 is 1.58 bits per heavy atom. The largest absolute Gasteiger partial charge is 0.393 e. The summed E-state index contributed by atoms with van der Waals surface area (Å²) in [6, 6.07) is 0. The molecule has 0 aromatic rings. The van der Waals surface area contributed by atoms with Gasteiger partial charge in [0.1, 0.15) is 0 Å². The molecule has 2 N–H and O–H groups in total. The summed E-state index contributed by atoms with van der Waals surface area (Å²) in [7, 11) is 0. The molecule has 4 heteroatoms. The first-order valence-electron chi connectivity index (χ1n) is 4.36. The van der Waals surface area contributed by atoms with E-state index in [1.54, 1.807) is 11.8 Å². The van der Waals surface area contributed by atoms with Crippen LogP contribution >= 0.6 is 0 Å². The van der Waals surface area contributed by atoms with E-state index in [4.69, 9.17) is 5.11 Å². The van der Waals surface area contributed by atoms with E-state index in [-0.39, 0.29) is 12.3 Å². The van der Waals surface area contributed by atoms with Crippen molar-refractivity contribution in [3.05, 3.63) is 0 Å². The van der Waals surface area contributed by atoms with Crippen molar-refractivity contribution in [1.82, 2.24) is 10.2 Å². The molecule has 0 bridgehead atoms. The van der Waals surface area contributed by atoms with Crippen molar-refractivity contribution in [2.45, 2.75) is 19.4 Å². The second-order valence-electron chi connectivity index (χ2n) is 3.18. The van der Waals surface area contributed by atoms with E-state index in [1.165, 1.54) is 0 Å². The van der Waals surface area contributed by atoms with Crippen LogP contribution < -0.4 is 5.32 Å². The molecule has 0 radical (unpaired) electrons. The van der Waals surface area contributed by atoms with Crippen molar-refractivity contribution in [1.29, 1.82) is 0 Å². The minimum absolute atomic E-state index is 0.0616. The molecule has 0 aliphatic carbocycles. The monoisotopic (exact) mass is 172 g/mol. The Morgan fingerprint density at radius 3 is 2.67 bits per heavy atom. The van der Waals surface area contributed by atoms with Crippen LogP contribution in [0, 0.1) is 0 Å². The molecule has 4 nitrogen and oxygen atoms in total. The summed E-state index contributed by atoms with van der Waals surface area (Å²) in [5, 5.41) is 12.2. The summed E-state index contributed by atoms with van der Waals surface area (Å²) in [6.07, 6.45) is -0.271. The predicted molar refractivity (Wildman–Crippen MR) is 45.7 cm³/mol. The van der Waals surface area contributed by atoms with E-state index in [0.29, 0.717) is 0 Å². The van der Waals surface area contributed by atoms with Gasteiger partial charge in [0.2, 0.25) is 5.91 Å². The normalized spacial score (nSPS) is 20.7. The van der Waals surface area contributed by atoms with Crippen molar-refractivity contribution >= 4 is 5.91 Å². The summed E-state index contributed by atoms with van der Waals surface area (Å²) in [5.41, 5.74) is 0. The van der Waals surface area contributed by atoms with Gasteiger partial charge in [-0.2, -0.15) is 0 Å². The molecule has 1 rings (SSSR count). The Balaban J connectivity index is 2.30. The van der Waals surface area contributed by atoms with Crippen LogP contribution in [0.3, 0.4) is 0 Å². The number of rotatable bonds is 2. The van der Waals surface area contributed by atoms with Crippen LogP contribution in [0.25, 0.3) is 0 Å². The molecule has 1 unspecified atom stereocenters. The minimum Gasteiger partial charge on any atom is -0.393 e. The lowest BCUT2D eigenvalue weighted by Gasteiger charge is -2.27. The number of hydrogen-bond donors (Lipinski definition) is 2. The molecule has 1 aliphatic heterocycles. The molecule has 0 aromatic heterocycles. The van der Waals surface area contributed by atoms with Gasteiger partial charge < -0.3 is 15.3 Å². The Hall–Kier alpha value is -0.610. The van der Waals surface area contributed by atoms with Gasteiger partial charge in [-0.05, 0) is 6.92 Å². The average molecular weight is 172 g/mol. The highest BCUT2D eigenvalue weighted by Crippen LogP contribution is 1.99. The zero-order valence-corrected chi connectivity index (χ0v) is 7.42. The SMILES string of the molecule is CC(O)CC(=O)N1CCNCC1. The van der Waals surface area contributed by atoms with Crippen LogP contribution in [0.1, 0.15) is 13.3 Å². The molecule has 1 atom stereocenters. The van der Waals surface area contributed by atoms with Gasteiger partial charge >= 0.3 is 0 Å². The van der Waals surface area contributed by atoms with Crippen molar-refractivity contribution in [2.75, 3.05) is 26.2 Å². The molecule has 1 saturated heterocycles. The van der Waals surface area contributed by atoms with Gasteiger partial charge in [-0.1, -0.05) is 0 Å². The van der Waals surface area contributed by atoms with Crippen molar-refractivity contribution in [3.63, 3.8) is 0 Å². The third-order valence-electron chi connectivity index (χ3n) is 1.94. The lowest BCUT2D eigenvalue weighted by atomic mass is 10.2. The summed E-state index contributed by atoms with van der Waals surface area (Å²) in [4.78, 5) is 13.1. The Morgan fingerprint density at radius 2 is 2.17 bits per heavy atom. The molecular formula is C8H16N2O2. The minimum atomic E-state index is -0.521. The van der Waals surface area contributed by atoms with E-state index in [2.05, 4.69) is 5.32 Å². The fourth-order valence-corrected chi connectivity index (χ4v) is 1.30. The van der Waals surface area contributed by atoms with Crippen LogP contribution in [-0.4, -0.2) is 48.2 Å². The van der Waals surface area contributed by atoms with Crippen LogP contribution in [0.4, 0.5) is 0 Å². The number of nitrogens with zero attached hydrogens (tertiary/aromatic N) is 1. The smallest absolute Gasteiger partial charge is 0.225 e. The van der Waals surface area contributed by atoms with Crippen molar-refractivity contribution in [2.24, 2.45) is 0 Å². The zero-order valence-electron chi connectivity index (χ0n) is 7.42. The van der Waals surface area contributed by atoms with Crippen LogP contribution in [0.15, 0.2) is 0 Å². The van der Waals surface area contributed by atoms with Crippen LogP contribution in [0.5, 0.6) is 0 Å². The molecule has 70 valence electrons. The van der Waals surface area contributed by atoms with E-state index in [0.717, 1.165) is 26.2 Å². The maximum atomic E-state index is 11.3. The molecule has 1 amide bonds. The maximum absolute atomic E-state index is 11.3. The van der Waals surface area contributed by atoms with Gasteiger partial charge in [0.05, 0.1) is 12.5 Å². The molecule has 1 heterocycles. The van der Waals surface area contributed by atoms with Crippen LogP contribution in [-0.2, 0) is 4.79 Å². The van der Waals surface area contributed by atoms with Gasteiger partial charge in [-0.15, -0.1) is 0 Å². The van der Waals surface area contributed by atoms with Gasteiger partial charge in [0.25, 0.3) is 0 Å². The molecule has 1 fully saturated rings. The highest BCUT2D eigenvalue weighted by atomic mass is 16.3. The molecule has 0 spiro atoms. The third-order valence-corrected chi connectivity index (χ3v) is 1.94. The molecule has 1 aliphatic rings. The highest BCUT2D eigenvalue weighted by molar-refractivity contribution is 5.76. The quantitative estimate of drug-likeness (QED) is 0.573. The van der Waals surface area contributed by atoms with Crippen molar-refractivity contribution in [3.8, 4) is 0 Å². The molecule has 0 saturated carbocycles. The topological polar surface area (TPSA) is 52.6 Å². The van der Waals surface area contributed by atoms with Gasteiger partial charge in [-0.25, -0.2) is 0 Å². The summed E-state index contributed by atoms with van der Waals surface area (Å²) < 4.78 is 0.